The Kier molecular flexibility index (Phi) is 4.56. The van der Waals surface area contributed by atoms with E-state index in [1.54, 1.807) is 25.6 Å². The van der Waals surface area contributed by atoms with Crippen LogP contribution in [0.1, 0.15) is 16.9 Å². The molecule has 0 saturated carbocycles. The quantitative estimate of drug-likeness (QED) is 0.927. The average molecular weight is 295 g/mol. The fraction of sp³-hybridized carbons (Fsp3) is 0.417. The zero-order valence-corrected chi connectivity index (χ0v) is 12.3. The Labute approximate surface area is 119 Å². The van der Waals surface area contributed by atoms with Crippen LogP contribution in [0.3, 0.4) is 0 Å². The molecule has 0 radical (unpaired) electrons. The van der Waals surface area contributed by atoms with Crippen molar-refractivity contribution in [1.82, 2.24) is 0 Å². The number of anilines is 1. The lowest BCUT2D eigenvalue weighted by Crippen LogP contribution is -2.15. The van der Waals surface area contributed by atoms with Gasteiger partial charge >= 0.3 is 0 Å². The Morgan fingerprint density at radius 3 is 3.05 bits per heavy atom. The molecule has 2 heterocycles. The number of furan rings is 1. The first-order valence-electron chi connectivity index (χ1n) is 5.71. The number of rotatable bonds is 3. The number of carbonyl (C=O) groups excluding carboxylic acids is 1. The molecule has 19 heavy (non-hydrogen) atoms. The molecule has 1 aromatic rings. The number of carbonyl (C=O) groups is 1. The number of amides is 1. The molecule has 5 nitrogen and oxygen atoms in total. The van der Waals surface area contributed by atoms with E-state index in [-0.39, 0.29) is 17.5 Å². The van der Waals surface area contributed by atoms with Gasteiger partial charge in [0, 0.05) is 11.3 Å². The second-order valence-corrected chi connectivity index (χ2v) is 6.24. The summed E-state index contributed by atoms with van der Waals surface area (Å²) in [6.45, 7) is 4.39. The molecule has 0 aromatic carbocycles. The minimum absolute atomic E-state index is 0.189. The standard InChI is InChI=1S/C12H13N3O2S2/c1-7-8(2)17-11(9(7)5-13)15-10(16)6-19-12-14-3-4-18-12/h3-4,6H2,1-2H3,(H,15,16). The highest BCUT2D eigenvalue weighted by atomic mass is 32.2. The third kappa shape index (κ3) is 3.33. The van der Waals surface area contributed by atoms with Gasteiger partial charge in [0.2, 0.25) is 11.8 Å². The molecule has 1 N–H and O–H groups in total. The van der Waals surface area contributed by atoms with Crippen molar-refractivity contribution in [1.29, 1.82) is 5.26 Å². The maximum absolute atomic E-state index is 11.8. The largest absolute Gasteiger partial charge is 0.444 e. The smallest absolute Gasteiger partial charge is 0.237 e. The van der Waals surface area contributed by atoms with Crippen molar-refractivity contribution in [3.63, 3.8) is 0 Å². The van der Waals surface area contributed by atoms with Crippen molar-refractivity contribution >= 4 is 39.7 Å². The topological polar surface area (TPSA) is 78.4 Å². The van der Waals surface area contributed by atoms with Gasteiger partial charge in [0.05, 0.1) is 12.3 Å². The number of thioether (sulfide) groups is 2. The summed E-state index contributed by atoms with van der Waals surface area (Å²) in [5.74, 6) is 1.96. The zero-order chi connectivity index (χ0) is 13.8. The molecule has 7 heteroatoms. The van der Waals surface area contributed by atoms with Crippen LogP contribution in [0.15, 0.2) is 9.41 Å². The zero-order valence-electron chi connectivity index (χ0n) is 10.6. The molecule has 0 fully saturated rings. The van der Waals surface area contributed by atoms with E-state index in [0.29, 0.717) is 11.3 Å². The third-order valence-electron chi connectivity index (χ3n) is 2.63. The minimum Gasteiger partial charge on any atom is -0.444 e. The molecular formula is C12H13N3O2S2. The lowest BCUT2D eigenvalue weighted by Gasteiger charge is -2.02. The predicted octanol–water partition coefficient (Wildman–Crippen LogP) is 2.54. The van der Waals surface area contributed by atoms with Gasteiger partial charge in [0.1, 0.15) is 21.8 Å². The first-order valence-corrected chi connectivity index (χ1v) is 7.69. The third-order valence-corrected chi connectivity index (χ3v) is 4.89. The highest BCUT2D eigenvalue weighted by molar-refractivity contribution is 8.39. The summed E-state index contributed by atoms with van der Waals surface area (Å²) in [5.41, 5.74) is 1.16. The number of hydrogen-bond donors (Lipinski definition) is 1. The molecule has 0 bridgehead atoms. The SMILES string of the molecule is Cc1oc(NC(=O)CSC2=NCCS2)c(C#N)c1C. The normalized spacial score (nSPS) is 14.1. The van der Waals surface area contributed by atoms with E-state index >= 15 is 0 Å². The molecule has 0 unspecified atom stereocenters. The number of nitriles is 1. The fourth-order valence-corrected chi connectivity index (χ4v) is 3.35. The molecule has 0 spiro atoms. The van der Waals surface area contributed by atoms with E-state index in [1.165, 1.54) is 11.8 Å². The molecule has 100 valence electrons. The van der Waals surface area contributed by atoms with Gasteiger partial charge in [0.25, 0.3) is 0 Å². The van der Waals surface area contributed by atoms with E-state index in [2.05, 4.69) is 10.3 Å². The van der Waals surface area contributed by atoms with Gasteiger partial charge in [-0.25, -0.2) is 0 Å². The Bertz CT molecular complexity index is 572. The van der Waals surface area contributed by atoms with Gasteiger partial charge in [-0.2, -0.15) is 5.26 Å². The Morgan fingerprint density at radius 1 is 1.63 bits per heavy atom. The molecule has 1 aliphatic rings. The second-order valence-electron chi connectivity index (χ2n) is 3.93. The molecule has 0 aliphatic carbocycles. The summed E-state index contributed by atoms with van der Waals surface area (Å²) < 4.78 is 6.33. The van der Waals surface area contributed by atoms with Crippen LogP contribution in [0.2, 0.25) is 0 Å². The molecule has 0 atom stereocenters. The van der Waals surface area contributed by atoms with Crippen LogP contribution in [0.5, 0.6) is 0 Å². The minimum atomic E-state index is -0.189. The number of hydrogen-bond acceptors (Lipinski definition) is 6. The molecule has 1 amide bonds. The van der Waals surface area contributed by atoms with Gasteiger partial charge in [0.15, 0.2) is 0 Å². The van der Waals surface area contributed by atoms with E-state index in [1.807, 2.05) is 6.07 Å². The highest BCUT2D eigenvalue weighted by Gasteiger charge is 2.17. The Morgan fingerprint density at radius 2 is 2.42 bits per heavy atom. The molecule has 1 aromatic heterocycles. The number of aryl methyl sites for hydroxylation is 1. The van der Waals surface area contributed by atoms with Crippen LogP contribution >= 0.6 is 23.5 Å². The average Bonchev–Trinajstić information content (AvgIpc) is 2.97. The van der Waals surface area contributed by atoms with Crippen LogP contribution in [0.4, 0.5) is 5.88 Å². The predicted molar refractivity (Wildman–Crippen MR) is 78.7 cm³/mol. The lowest BCUT2D eigenvalue weighted by atomic mass is 10.2. The summed E-state index contributed by atoms with van der Waals surface area (Å²) in [6.07, 6.45) is 0. The maximum atomic E-state index is 11.8. The van der Waals surface area contributed by atoms with E-state index in [4.69, 9.17) is 9.68 Å². The fourth-order valence-electron chi connectivity index (χ4n) is 1.54. The summed E-state index contributed by atoms with van der Waals surface area (Å²) in [5, 5.41) is 11.7. The summed E-state index contributed by atoms with van der Waals surface area (Å²) in [4.78, 5) is 16.0. The van der Waals surface area contributed by atoms with Gasteiger partial charge in [-0.15, -0.1) is 0 Å². The van der Waals surface area contributed by atoms with Crippen molar-refractivity contribution in [2.75, 3.05) is 23.4 Å². The summed E-state index contributed by atoms with van der Waals surface area (Å²) in [6, 6.07) is 2.04. The number of nitrogens with one attached hydrogen (secondary N) is 1. The van der Waals surface area contributed by atoms with Crippen molar-refractivity contribution in [3.05, 3.63) is 16.9 Å². The molecule has 1 aliphatic heterocycles. The summed E-state index contributed by atoms with van der Waals surface area (Å²) >= 11 is 3.07. The molecule has 2 rings (SSSR count). The Hall–Kier alpha value is -1.39. The molecule has 0 saturated heterocycles. The van der Waals surface area contributed by atoms with Crippen LogP contribution in [0, 0.1) is 25.2 Å². The van der Waals surface area contributed by atoms with Crippen molar-refractivity contribution < 1.29 is 9.21 Å². The van der Waals surface area contributed by atoms with E-state index < -0.39 is 0 Å². The van der Waals surface area contributed by atoms with E-state index in [9.17, 15) is 4.79 Å². The van der Waals surface area contributed by atoms with Crippen LogP contribution in [-0.2, 0) is 4.79 Å². The monoisotopic (exact) mass is 295 g/mol. The maximum Gasteiger partial charge on any atom is 0.237 e. The van der Waals surface area contributed by atoms with Gasteiger partial charge in [-0.05, 0) is 13.8 Å². The lowest BCUT2D eigenvalue weighted by molar-refractivity contribution is -0.113. The van der Waals surface area contributed by atoms with Crippen molar-refractivity contribution in [3.8, 4) is 6.07 Å². The Balaban J connectivity index is 1.95. The van der Waals surface area contributed by atoms with E-state index in [0.717, 1.165) is 22.2 Å². The van der Waals surface area contributed by atoms with Crippen molar-refractivity contribution in [2.45, 2.75) is 13.8 Å². The molecular weight excluding hydrogens is 282 g/mol. The van der Waals surface area contributed by atoms with Crippen LogP contribution in [-0.4, -0.2) is 28.3 Å². The van der Waals surface area contributed by atoms with Gasteiger partial charge in [-0.3, -0.25) is 15.1 Å². The highest BCUT2D eigenvalue weighted by Crippen LogP contribution is 2.26. The van der Waals surface area contributed by atoms with Gasteiger partial charge < -0.3 is 4.42 Å². The number of nitrogens with zero attached hydrogens (tertiary/aromatic N) is 2. The second kappa shape index (κ2) is 6.17. The summed E-state index contributed by atoms with van der Waals surface area (Å²) in [7, 11) is 0. The van der Waals surface area contributed by atoms with Crippen LogP contribution < -0.4 is 5.32 Å². The first kappa shape index (κ1) is 14.0. The van der Waals surface area contributed by atoms with Crippen LogP contribution in [0.25, 0.3) is 0 Å². The number of aliphatic imine (C=N–C) groups is 1. The van der Waals surface area contributed by atoms with Crippen molar-refractivity contribution in [2.24, 2.45) is 4.99 Å². The first-order chi connectivity index (χ1) is 9.11. The van der Waals surface area contributed by atoms with Gasteiger partial charge in [-0.1, -0.05) is 23.5 Å².